The maximum Gasteiger partial charge on any atom is 0.306 e. The van der Waals surface area contributed by atoms with Gasteiger partial charge < -0.3 is 14.7 Å². The highest BCUT2D eigenvalue weighted by molar-refractivity contribution is 5.78. The third-order valence-corrected chi connectivity index (χ3v) is 4.57. The Bertz CT molecular complexity index is 339. The number of nitrogens with zero attached hydrogens (tertiary/aromatic N) is 1. The van der Waals surface area contributed by atoms with Gasteiger partial charge in [0.15, 0.2) is 0 Å². The maximum atomic E-state index is 12.1. The average Bonchev–Trinajstić information content (AvgIpc) is 2.20. The van der Waals surface area contributed by atoms with Crippen molar-refractivity contribution in [3.8, 4) is 0 Å². The molecule has 0 aromatic carbocycles. The molecule has 18 heavy (non-hydrogen) atoms. The van der Waals surface area contributed by atoms with Crippen LogP contribution in [0.3, 0.4) is 0 Å². The topological polar surface area (TPSA) is 66.8 Å². The van der Waals surface area contributed by atoms with E-state index < -0.39 is 5.97 Å². The van der Waals surface area contributed by atoms with Gasteiger partial charge in [-0.1, -0.05) is 0 Å². The van der Waals surface area contributed by atoms with Crippen LogP contribution < -0.4 is 0 Å². The lowest BCUT2D eigenvalue weighted by molar-refractivity contribution is -0.154. The Hall–Kier alpha value is -1.10. The lowest BCUT2D eigenvalue weighted by Gasteiger charge is -2.43. The van der Waals surface area contributed by atoms with Crippen LogP contribution in [0, 0.1) is 5.92 Å². The summed E-state index contributed by atoms with van der Waals surface area (Å²) in [5, 5.41) is 8.82. The van der Waals surface area contributed by atoms with Crippen molar-refractivity contribution in [1.82, 2.24) is 4.90 Å². The fraction of sp³-hybridized carbons (Fsp3) is 0.846. The van der Waals surface area contributed by atoms with Gasteiger partial charge >= 0.3 is 5.97 Å². The van der Waals surface area contributed by atoms with Crippen LogP contribution in [0.4, 0.5) is 0 Å². The number of methoxy groups -OCH3 is 1. The van der Waals surface area contributed by atoms with Crippen LogP contribution in [0.15, 0.2) is 0 Å². The number of ether oxygens (including phenoxy) is 1. The SMILES string of the molecule is COC1(CC(=O)N(C)C2CC(C(=O)O)C2)CCC1. The quantitative estimate of drug-likeness (QED) is 0.803. The van der Waals surface area contributed by atoms with Gasteiger partial charge in [-0.3, -0.25) is 9.59 Å². The van der Waals surface area contributed by atoms with Crippen LogP contribution in [0.1, 0.15) is 38.5 Å². The molecule has 2 aliphatic rings. The summed E-state index contributed by atoms with van der Waals surface area (Å²) < 4.78 is 5.44. The van der Waals surface area contributed by atoms with Crippen molar-refractivity contribution in [1.29, 1.82) is 0 Å². The molecule has 0 aliphatic heterocycles. The van der Waals surface area contributed by atoms with E-state index in [0.29, 0.717) is 19.3 Å². The summed E-state index contributed by atoms with van der Waals surface area (Å²) >= 11 is 0. The lowest BCUT2D eigenvalue weighted by Crippen LogP contribution is -2.51. The van der Waals surface area contributed by atoms with Crippen LogP contribution in [-0.4, -0.2) is 47.7 Å². The first-order valence-electron chi connectivity index (χ1n) is 6.51. The van der Waals surface area contributed by atoms with Gasteiger partial charge in [-0.2, -0.15) is 0 Å². The highest BCUT2D eigenvalue weighted by atomic mass is 16.5. The molecule has 0 bridgehead atoms. The molecule has 2 fully saturated rings. The summed E-state index contributed by atoms with van der Waals surface area (Å²) in [5.41, 5.74) is -0.249. The molecule has 0 unspecified atom stereocenters. The molecule has 2 saturated carbocycles. The molecule has 1 amide bonds. The van der Waals surface area contributed by atoms with E-state index >= 15 is 0 Å². The molecule has 0 heterocycles. The molecule has 0 aromatic rings. The van der Waals surface area contributed by atoms with Crippen molar-refractivity contribution in [2.75, 3.05) is 14.2 Å². The van der Waals surface area contributed by atoms with Crippen molar-refractivity contribution in [2.45, 2.75) is 50.2 Å². The summed E-state index contributed by atoms with van der Waals surface area (Å²) in [6.45, 7) is 0. The molecule has 0 spiro atoms. The molecule has 5 heteroatoms. The fourth-order valence-corrected chi connectivity index (χ4v) is 2.73. The molecule has 0 aromatic heterocycles. The van der Waals surface area contributed by atoms with Crippen LogP contribution in [0.25, 0.3) is 0 Å². The van der Waals surface area contributed by atoms with Crippen LogP contribution in [0.2, 0.25) is 0 Å². The van der Waals surface area contributed by atoms with Gasteiger partial charge in [-0.25, -0.2) is 0 Å². The molecule has 1 N–H and O–H groups in total. The van der Waals surface area contributed by atoms with Crippen molar-refractivity contribution in [3.05, 3.63) is 0 Å². The van der Waals surface area contributed by atoms with Gasteiger partial charge in [0.2, 0.25) is 5.91 Å². The first-order valence-corrected chi connectivity index (χ1v) is 6.51. The Morgan fingerprint density at radius 3 is 2.39 bits per heavy atom. The van der Waals surface area contributed by atoms with Crippen molar-refractivity contribution < 1.29 is 19.4 Å². The number of carboxylic acids is 1. The highest BCUT2D eigenvalue weighted by Crippen LogP contribution is 2.39. The summed E-state index contributed by atoms with van der Waals surface area (Å²) in [6, 6.07) is 0.0904. The first-order chi connectivity index (χ1) is 8.47. The first kappa shape index (κ1) is 13.3. The van der Waals surface area contributed by atoms with Gasteiger partial charge in [0.05, 0.1) is 17.9 Å². The van der Waals surface area contributed by atoms with E-state index in [-0.39, 0.29) is 23.5 Å². The highest BCUT2D eigenvalue weighted by Gasteiger charge is 2.43. The number of aliphatic carboxylic acids is 1. The number of carboxylic acid groups (broad SMARTS) is 1. The van der Waals surface area contributed by atoms with E-state index in [9.17, 15) is 9.59 Å². The Balaban J connectivity index is 1.81. The Morgan fingerprint density at radius 2 is 2.00 bits per heavy atom. The minimum Gasteiger partial charge on any atom is -0.481 e. The standard InChI is InChI=1S/C13H21NO4/c1-14(10-6-9(7-10)12(16)17)11(15)8-13(18-2)4-3-5-13/h9-10H,3-8H2,1-2H3,(H,16,17). The van der Waals surface area contributed by atoms with E-state index in [4.69, 9.17) is 9.84 Å². The van der Waals surface area contributed by atoms with Crippen LogP contribution >= 0.6 is 0 Å². The second-order valence-electron chi connectivity index (χ2n) is 5.58. The number of hydrogen-bond donors (Lipinski definition) is 1. The minimum atomic E-state index is -0.751. The minimum absolute atomic E-state index is 0.0744. The molecule has 102 valence electrons. The zero-order valence-electron chi connectivity index (χ0n) is 11.0. The number of carbonyl (C=O) groups excluding carboxylic acids is 1. The summed E-state index contributed by atoms with van der Waals surface area (Å²) in [6.07, 6.45) is 4.61. The second-order valence-corrected chi connectivity index (χ2v) is 5.58. The lowest BCUT2D eigenvalue weighted by atomic mass is 9.76. The monoisotopic (exact) mass is 255 g/mol. The molecular weight excluding hydrogens is 234 g/mol. The van der Waals surface area contributed by atoms with Crippen molar-refractivity contribution in [3.63, 3.8) is 0 Å². The normalized spacial score (nSPS) is 29.0. The van der Waals surface area contributed by atoms with Gasteiger partial charge in [0.25, 0.3) is 0 Å². The molecule has 0 atom stereocenters. The Morgan fingerprint density at radius 1 is 1.39 bits per heavy atom. The van der Waals surface area contributed by atoms with Crippen molar-refractivity contribution in [2.24, 2.45) is 5.92 Å². The largest absolute Gasteiger partial charge is 0.481 e. The number of rotatable bonds is 5. The van der Waals surface area contributed by atoms with Crippen LogP contribution in [0.5, 0.6) is 0 Å². The summed E-state index contributed by atoms with van der Waals surface area (Å²) in [5.74, 6) is -0.949. The molecule has 0 saturated heterocycles. The Labute approximate surface area is 107 Å². The van der Waals surface area contributed by atoms with Gasteiger partial charge in [0, 0.05) is 20.2 Å². The summed E-state index contributed by atoms with van der Waals surface area (Å²) in [4.78, 5) is 24.6. The van der Waals surface area contributed by atoms with Crippen LogP contribution in [-0.2, 0) is 14.3 Å². The fourth-order valence-electron chi connectivity index (χ4n) is 2.73. The molecule has 0 radical (unpaired) electrons. The molecule has 5 nitrogen and oxygen atoms in total. The number of carbonyl (C=O) groups is 2. The summed E-state index contributed by atoms with van der Waals surface area (Å²) in [7, 11) is 3.43. The smallest absolute Gasteiger partial charge is 0.306 e. The zero-order chi connectivity index (χ0) is 13.3. The zero-order valence-corrected chi connectivity index (χ0v) is 11.0. The van der Waals surface area contributed by atoms with E-state index in [0.717, 1.165) is 19.3 Å². The van der Waals surface area contributed by atoms with E-state index in [1.54, 1.807) is 19.1 Å². The molecule has 2 aliphatic carbocycles. The van der Waals surface area contributed by atoms with E-state index in [1.165, 1.54) is 0 Å². The molecule has 2 rings (SSSR count). The third-order valence-electron chi connectivity index (χ3n) is 4.57. The van der Waals surface area contributed by atoms with Gasteiger partial charge in [-0.05, 0) is 32.1 Å². The Kier molecular flexibility index (Phi) is 3.61. The van der Waals surface area contributed by atoms with E-state index in [1.807, 2.05) is 0 Å². The second kappa shape index (κ2) is 4.88. The molecular formula is C13H21NO4. The third kappa shape index (κ3) is 2.36. The predicted molar refractivity (Wildman–Crippen MR) is 65.1 cm³/mol. The average molecular weight is 255 g/mol. The number of hydrogen-bond acceptors (Lipinski definition) is 3. The predicted octanol–water partition coefficient (Wildman–Crippen LogP) is 1.27. The van der Waals surface area contributed by atoms with Crippen molar-refractivity contribution >= 4 is 11.9 Å². The van der Waals surface area contributed by atoms with Gasteiger partial charge in [-0.15, -0.1) is 0 Å². The van der Waals surface area contributed by atoms with Gasteiger partial charge in [0.1, 0.15) is 0 Å². The number of amides is 1. The maximum absolute atomic E-state index is 12.1. The van der Waals surface area contributed by atoms with E-state index in [2.05, 4.69) is 0 Å².